The smallest absolute Gasteiger partial charge is 0.251 e. The van der Waals surface area contributed by atoms with Crippen LogP contribution in [-0.4, -0.2) is 70.0 Å². The van der Waals surface area contributed by atoms with Gasteiger partial charge in [-0.1, -0.05) is 28.9 Å². The minimum Gasteiger partial charge on any atom is -0.508 e. The summed E-state index contributed by atoms with van der Waals surface area (Å²) in [5.41, 5.74) is 3.13. The second kappa shape index (κ2) is 10.7. The number of carbonyl (C=O) groups is 2. The maximum Gasteiger partial charge on any atom is 0.251 e. The highest BCUT2D eigenvalue weighted by atomic mass is 79.9. The van der Waals surface area contributed by atoms with E-state index in [9.17, 15) is 14.7 Å². The van der Waals surface area contributed by atoms with Crippen molar-refractivity contribution in [3.05, 3.63) is 75.4 Å². The zero-order valence-electron chi connectivity index (χ0n) is 23.5. The molecular formula is C32H34BrN5O4. The van der Waals surface area contributed by atoms with Crippen molar-refractivity contribution in [3.63, 3.8) is 0 Å². The molecule has 2 aliphatic heterocycles. The summed E-state index contributed by atoms with van der Waals surface area (Å²) in [5, 5.41) is 16.8. The number of hydrogen-bond acceptors (Lipinski definition) is 7. The molecule has 2 aromatic carbocycles. The predicted octanol–water partition coefficient (Wildman–Crippen LogP) is 4.65. The fraction of sp³-hybridized carbons (Fsp3) is 0.406. The van der Waals surface area contributed by atoms with E-state index in [4.69, 9.17) is 4.74 Å². The van der Waals surface area contributed by atoms with Gasteiger partial charge in [-0.2, -0.15) is 0 Å². The fourth-order valence-corrected chi connectivity index (χ4v) is 7.06. The van der Waals surface area contributed by atoms with Crippen molar-refractivity contribution in [3.8, 4) is 17.2 Å². The van der Waals surface area contributed by atoms with E-state index in [1.165, 1.54) is 5.56 Å². The summed E-state index contributed by atoms with van der Waals surface area (Å²) < 4.78 is 7.16. The number of aromatic nitrogens is 1. The maximum absolute atomic E-state index is 13.3. The number of fused-ring (bicyclic) bond motifs is 2. The lowest BCUT2D eigenvalue weighted by atomic mass is 9.99. The quantitative estimate of drug-likeness (QED) is 0.332. The average molecular weight is 633 g/mol. The number of piperazine rings is 1. The molecular weight excluding hydrogens is 598 g/mol. The van der Waals surface area contributed by atoms with Gasteiger partial charge < -0.3 is 25.4 Å². The van der Waals surface area contributed by atoms with E-state index in [2.05, 4.69) is 48.3 Å². The number of anilines is 1. The van der Waals surface area contributed by atoms with Crippen molar-refractivity contribution in [2.24, 2.45) is 5.92 Å². The van der Waals surface area contributed by atoms with Crippen LogP contribution >= 0.6 is 15.9 Å². The van der Waals surface area contributed by atoms with Crippen molar-refractivity contribution in [1.29, 1.82) is 0 Å². The first-order valence-corrected chi connectivity index (χ1v) is 15.5. The van der Waals surface area contributed by atoms with Gasteiger partial charge in [0.1, 0.15) is 23.1 Å². The number of pyridine rings is 1. The van der Waals surface area contributed by atoms with Crippen molar-refractivity contribution in [1.82, 2.24) is 20.1 Å². The number of phenols is 1. The third kappa shape index (κ3) is 5.05. The van der Waals surface area contributed by atoms with Gasteiger partial charge in [-0.3, -0.25) is 14.5 Å². The molecule has 3 unspecified atom stereocenters. The van der Waals surface area contributed by atoms with Gasteiger partial charge >= 0.3 is 0 Å². The van der Waals surface area contributed by atoms with E-state index in [1.807, 2.05) is 24.3 Å². The summed E-state index contributed by atoms with van der Waals surface area (Å²) >= 11 is 3.70. The largest absolute Gasteiger partial charge is 0.508 e. The Morgan fingerprint density at radius 2 is 1.95 bits per heavy atom. The van der Waals surface area contributed by atoms with Crippen LogP contribution in [0.4, 0.5) is 5.82 Å². The lowest BCUT2D eigenvalue weighted by Crippen LogP contribution is -2.45. The summed E-state index contributed by atoms with van der Waals surface area (Å²) in [7, 11) is 0. The van der Waals surface area contributed by atoms with Gasteiger partial charge in [0, 0.05) is 72.4 Å². The molecule has 42 heavy (non-hydrogen) atoms. The molecule has 218 valence electrons. The van der Waals surface area contributed by atoms with Crippen LogP contribution in [0.15, 0.2) is 53.1 Å². The number of likely N-dealkylation sites (N-methyl/N-ethyl adjacent to an activating group) is 1. The third-order valence-electron chi connectivity index (χ3n) is 9.31. The van der Waals surface area contributed by atoms with Crippen LogP contribution in [0, 0.1) is 5.92 Å². The number of phenolic OH excluding ortho intramolecular Hbond substituents is 1. The summed E-state index contributed by atoms with van der Waals surface area (Å²) in [6.07, 6.45) is 3.45. The van der Waals surface area contributed by atoms with Gasteiger partial charge in [-0.15, -0.1) is 0 Å². The Hall–Kier alpha value is -3.47. The summed E-state index contributed by atoms with van der Waals surface area (Å²) in [6, 6.07) is 12.9. The lowest BCUT2D eigenvalue weighted by Gasteiger charge is -2.34. The third-order valence-corrected chi connectivity index (χ3v) is 10.0. The van der Waals surface area contributed by atoms with Gasteiger partial charge in [0.15, 0.2) is 0 Å². The molecule has 4 aliphatic rings. The van der Waals surface area contributed by atoms with Crippen LogP contribution in [-0.2, 0) is 17.8 Å². The number of carbonyl (C=O) groups excluding carboxylic acids is 2. The molecule has 3 atom stereocenters. The Morgan fingerprint density at radius 1 is 1.14 bits per heavy atom. The van der Waals surface area contributed by atoms with E-state index in [0.717, 1.165) is 61.3 Å². The van der Waals surface area contributed by atoms with E-state index < -0.39 is 0 Å². The van der Waals surface area contributed by atoms with Crippen molar-refractivity contribution in [2.45, 2.75) is 44.2 Å². The van der Waals surface area contributed by atoms with E-state index >= 15 is 0 Å². The summed E-state index contributed by atoms with van der Waals surface area (Å²) in [5.74, 6) is 2.15. The van der Waals surface area contributed by atoms with E-state index in [1.54, 1.807) is 24.4 Å². The van der Waals surface area contributed by atoms with Crippen molar-refractivity contribution >= 4 is 33.6 Å². The van der Waals surface area contributed by atoms with Gasteiger partial charge in [-0.25, -0.2) is 4.98 Å². The molecule has 1 saturated heterocycles. The maximum atomic E-state index is 13.3. The van der Waals surface area contributed by atoms with Crippen LogP contribution < -0.4 is 15.4 Å². The number of halogens is 1. The molecule has 9 nitrogen and oxygen atoms in total. The van der Waals surface area contributed by atoms with Gasteiger partial charge in [0.05, 0.1) is 5.54 Å². The van der Waals surface area contributed by atoms with E-state index in [0.29, 0.717) is 41.6 Å². The number of benzene rings is 2. The van der Waals surface area contributed by atoms with Crippen LogP contribution in [0.2, 0.25) is 0 Å². The Morgan fingerprint density at radius 3 is 2.71 bits per heavy atom. The molecule has 10 heteroatoms. The van der Waals surface area contributed by atoms with Crippen molar-refractivity contribution < 1.29 is 19.4 Å². The standard InChI is InChI=1S/C32H34BrN5O4/c1-2-37-11-13-38(14-12-37)18-20-4-3-19(15-25(20)33)31(41)36-32-17-24(32)29(32)23-16-21(5-7-26(23)39)42-27-9-10-34-30-22(27)6-8-28(40)35-30/h3-5,7,9-10,15-16,24,29,39H,2,6,8,11-14,17-18H2,1H3,(H,36,41)(H,34,35,40). The normalized spacial score (nSPS) is 24.8. The lowest BCUT2D eigenvalue weighted by molar-refractivity contribution is -0.116. The van der Waals surface area contributed by atoms with Gasteiger partial charge in [0.2, 0.25) is 5.91 Å². The topological polar surface area (TPSA) is 107 Å². The first-order valence-electron chi connectivity index (χ1n) is 14.7. The van der Waals surface area contributed by atoms with Gasteiger partial charge in [-0.05, 0) is 67.3 Å². The van der Waals surface area contributed by atoms with Crippen molar-refractivity contribution in [2.75, 3.05) is 38.0 Å². The molecule has 3 fully saturated rings. The Balaban J connectivity index is 1.01. The molecule has 2 saturated carbocycles. The molecule has 3 N–H and O–H groups in total. The van der Waals surface area contributed by atoms with Crippen LogP contribution in [0.25, 0.3) is 0 Å². The summed E-state index contributed by atoms with van der Waals surface area (Å²) in [6.45, 7) is 8.45. The molecule has 7 rings (SSSR count). The van der Waals surface area contributed by atoms with Crippen LogP contribution in [0.3, 0.4) is 0 Å². The zero-order valence-corrected chi connectivity index (χ0v) is 25.1. The fourth-order valence-electron chi connectivity index (χ4n) is 6.55. The molecule has 0 radical (unpaired) electrons. The number of nitrogens with one attached hydrogen (secondary N) is 2. The van der Waals surface area contributed by atoms with E-state index in [-0.39, 0.29) is 29.0 Å². The Kier molecular flexibility index (Phi) is 6.95. The second-order valence-corrected chi connectivity index (χ2v) is 12.7. The molecule has 0 bridgehead atoms. The minimum atomic E-state index is -0.322. The Bertz CT molecular complexity index is 1570. The molecule has 0 spiro atoms. The number of hydrogen-bond donors (Lipinski definition) is 3. The number of aromatic hydroxyl groups is 1. The SMILES string of the molecule is CCN1CCN(Cc2ccc(C(=O)NC34CC3C4c3cc(Oc4ccnc5c4CCC(=O)N5)ccc3O)cc2Br)CC1. The molecule has 2 amide bonds. The average Bonchev–Trinajstić information content (AvgIpc) is 3.86. The molecule has 3 heterocycles. The zero-order chi connectivity index (χ0) is 29.0. The number of ether oxygens (including phenoxy) is 1. The summed E-state index contributed by atoms with van der Waals surface area (Å²) in [4.78, 5) is 34.3. The monoisotopic (exact) mass is 631 g/mol. The highest BCUT2D eigenvalue weighted by Gasteiger charge is 2.80. The highest BCUT2D eigenvalue weighted by molar-refractivity contribution is 9.10. The van der Waals surface area contributed by atoms with Crippen LogP contribution in [0.5, 0.6) is 17.2 Å². The first-order chi connectivity index (χ1) is 20.3. The second-order valence-electron chi connectivity index (χ2n) is 11.8. The molecule has 3 aromatic rings. The minimum absolute atomic E-state index is 0.0418. The van der Waals surface area contributed by atoms with Gasteiger partial charge in [0.25, 0.3) is 5.91 Å². The number of rotatable bonds is 8. The Labute approximate surface area is 253 Å². The first kappa shape index (κ1) is 27.4. The number of amides is 2. The highest BCUT2D eigenvalue weighted by Crippen LogP contribution is 2.77. The molecule has 2 aliphatic carbocycles. The molecule has 1 aromatic heterocycles. The van der Waals surface area contributed by atoms with Crippen LogP contribution in [0.1, 0.15) is 52.7 Å². The number of nitrogens with zero attached hydrogens (tertiary/aromatic N) is 3. The predicted molar refractivity (Wildman–Crippen MR) is 162 cm³/mol.